The molecule has 1 aromatic heterocycles. The number of rotatable bonds is 3. The molecule has 2 N–H and O–H groups in total. The zero-order valence-electron chi connectivity index (χ0n) is 12.9. The molecule has 7 nitrogen and oxygen atoms in total. The van der Waals surface area contributed by atoms with E-state index in [1.54, 1.807) is 6.08 Å². The van der Waals surface area contributed by atoms with E-state index in [1.807, 2.05) is 32.7 Å². The highest BCUT2D eigenvalue weighted by atomic mass is 16.5. The topological polar surface area (TPSA) is 83.1 Å². The van der Waals surface area contributed by atoms with Gasteiger partial charge in [0.2, 0.25) is 0 Å². The molecule has 1 aliphatic rings. The minimum Gasteiger partial charge on any atom is -0.409 e. The van der Waals surface area contributed by atoms with Crippen molar-refractivity contribution in [1.82, 2.24) is 15.4 Å². The van der Waals surface area contributed by atoms with Gasteiger partial charge >= 0.3 is 0 Å². The molecule has 0 saturated carbocycles. The fraction of sp³-hybridized carbons (Fsp3) is 0.571. The summed E-state index contributed by atoms with van der Waals surface area (Å²) in [5.74, 6) is 1.22. The molecule has 1 atom stereocenters. The molecule has 0 unspecified atom stereocenters. The number of nitrogens with zero attached hydrogens (tertiary/aromatic N) is 3. The van der Waals surface area contributed by atoms with Gasteiger partial charge in [-0.15, -0.1) is 0 Å². The first-order chi connectivity index (χ1) is 10.1. The second-order valence-corrected chi connectivity index (χ2v) is 5.08. The molecule has 1 aromatic rings. The smallest absolute Gasteiger partial charge is 0.170 e. The largest absolute Gasteiger partial charge is 0.409 e. The molecule has 0 bridgehead atoms. The Labute approximate surface area is 124 Å². The quantitative estimate of drug-likeness (QED) is 0.379. The molecule has 7 heteroatoms. The summed E-state index contributed by atoms with van der Waals surface area (Å²) >= 11 is 0. The number of hydrogen-bond acceptors (Lipinski definition) is 6. The van der Waals surface area contributed by atoms with Crippen LogP contribution in [-0.4, -0.2) is 53.9 Å². The zero-order chi connectivity index (χ0) is 15.4. The van der Waals surface area contributed by atoms with Crippen LogP contribution in [-0.2, 0) is 4.74 Å². The van der Waals surface area contributed by atoms with Crippen molar-refractivity contribution in [1.29, 1.82) is 0 Å². The van der Waals surface area contributed by atoms with E-state index in [-0.39, 0.29) is 6.04 Å². The molecule has 0 spiro atoms. The monoisotopic (exact) mass is 294 g/mol. The molecule has 0 aromatic carbocycles. The molecular formula is C14H22N4O3. The second kappa shape index (κ2) is 6.62. The Morgan fingerprint density at radius 1 is 1.52 bits per heavy atom. The number of aryl methyl sites for hydroxylation is 2. The standard InChI is InChI=1S/C14H22N4O3/c1-9-8-20-6-5-18(9)13(16-19)7-12(15-4)14-10(2)17-21-11(14)3/h7,9,15,19H,5-6,8H2,1-4H3/b12-7-,16-13+/t9-/m1/s1. The molecule has 0 radical (unpaired) electrons. The number of amidine groups is 1. The van der Waals surface area contributed by atoms with E-state index >= 15 is 0 Å². The first-order valence-corrected chi connectivity index (χ1v) is 6.97. The average Bonchev–Trinajstić information content (AvgIpc) is 2.81. The van der Waals surface area contributed by atoms with E-state index in [2.05, 4.69) is 15.6 Å². The van der Waals surface area contributed by atoms with Crippen LogP contribution >= 0.6 is 0 Å². The number of hydrogen-bond donors (Lipinski definition) is 2. The number of ether oxygens (including phenoxy) is 1. The van der Waals surface area contributed by atoms with Crippen molar-refractivity contribution in [2.45, 2.75) is 26.8 Å². The summed E-state index contributed by atoms with van der Waals surface area (Å²) in [7, 11) is 1.81. The predicted molar refractivity (Wildman–Crippen MR) is 79.2 cm³/mol. The van der Waals surface area contributed by atoms with Crippen LogP contribution in [0, 0.1) is 13.8 Å². The Balaban J connectivity index is 2.33. The summed E-state index contributed by atoms with van der Waals surface area (Å²) < 4.78 is 10.6. The lowest BCUT2D eigenvalue weighted by Crippen LogP contribution is -2.46. The third-order valence-corrected chi connectivity index (χ3v) is 3.61. The van der Waals surface area contributed by atoms with Gasteiger partial charge in [0, 0.05) is 19.7 Å². The van der Waals surface area contributed by atoms with Crippen LogP contribution in [0.1, 0.15) is 23.9 Å². The van der Waals surface area contributed by atoms with Gasteiger partial charge < -0.3 is 24.7 Å². The van der Waals surface area contributed by atoms with E-state index in [0.29, 0.717) is 25.6 Å². The number of oxime groups is 1. The van der Waals surface area contributed by atoms with Gasteiger partial charge in [0.25, 0.3) is 0 Å². The highest BCUT2D eigenvalue weighted by molar-refractivity contribution is 5.99. The average molecular weight is 294 g/mol. The Hall–Kier alpha value is -2.02. The Bertz CT molecular complexity index is 531. The van der Waals surface area contributed by atoms with Crippen LogP contribution in [0.15, 0.2) is 15.8 Å². The first-order valence-electron chi connectivity index (χ1n) is 6.97. The summed E-state index contributed by atoms with van der Waals surface area (Å²) in [6.45, 7) is 7.70. The summed E-state index contributed by atoms with van der Waals surface area (Å²) in [5, 5.41) is 19.9. The van der Waals surface area contributed by atoms with Crippen molar-refractivity contribution >= 4 is 11.5 Å². The van der Waals surface area contributed by atoms with Crippen molar-refractivity contribution in [3.8, 4) is 0 Å². The molecule has 116 valence electrons. The van der Waals surface area contributed by atoms with Crippen molar-refractivity contribution in [3.63, 3.8) is 0 Å². The van der Waals surface area contributed by atoms with E-state index in [4.69, 9.17) is 9.26 Å². The van der Waals surface area contributed by atoms with Gasteiger partial charge in [-0.1, -0.05) is 10.3 Å². The summed E-state index contributed by atoms with van der Waals surface area (Å²) in [4.78, 5) is 2.01. The van der Waals surface area contributed by atoms with E-state index in [1.165, 1.54) is 0 Å². The zero-order valence-corrected chi connectivity index (χ0v) is 12.9. The van der Waals surface area contributed by atoms with E-state index in [0.717, 1.165) is 22.7 Å². The van der Waals surface area contributed by atoms with Crippen molar-refractivity contribution in [2.24, 2.45) is 5.16 Å². The molecule has 1 aliphatic heterocycles. The molecule has 0 amide bonds. The lowest BCUT2D eigenvalue weighted by Gasteiger charge is -2.34. The fourth-order valence-corrected chi connectivity index (χ4v) is 2.50. The number of nitrogens with one attached hydrogen (secondary N) is 1. The minimum absolute atomic E-state index is 0.156. The van der Waals surface area contributed by atoms with Gasteiger partial charge in [-0.25, -0.2) is 0 Å². The lowest BCUT2D eigenvalue weighted by atomic mass is 10.1. The van der Waals surface area contributed by atoms with Crippen LogP contribution < -0.4 is 5.32 Å². The van der Waals surface area contributed by atoms with Crippen LogP contribution in [0.3, 0.4) is 0 Å². The van der Waals surface area contributed by atoms with E-state index in [9.17, 15) is 5.21 Å². The van der Waals surface area contributed by atoms with Gasteiger partial charge in [0.1, 0.15) is 5.76 Å². The maximum absolute atomic E-state index is 9.37. The van der Waals surface area contributed by atoms with Crippen molar-refractivity contribution in [3.05, 3.63) is 23.1 Å². The third kappa shape index (κ3) is 3.18. The lowest BCUT2D eigenvalue weighted by molar-refractivity contribution is 0.0323. The summed E-state index contributed by atoms with van der Waals surface area (Å²) in [5.41, 5.74) is 2.48. The van der Waals surface area contributed by atoms with Crippen LogP contribution in [0.4, 0.5) is 0 Å². The maximum atomic E-state index is 9.37. The van der Waals surface area contributed by atoms with Crippen LogP contribution in [0.2, 0.25) is 0 Å². The Morgan fingerprint density at radius 3 is 2.81 bits per heavy atom. The maximum Gasteiger partial charge on any atom is 0.170 e. The normalized spacial score (nSPS) is 20.8. The molecule has 21 heavy (non-hydrogen) atoms. The Kier molecular flexibility index (Phi) is 4.85. The molecular weight excluding hydrogens is 272 g/mol. The van der Waals surface area contributed by atoms with Gasteiger partial charge in [0.05, 0.1) is 36.2 Å². The highest BCUT2D eigenvalue weighted by Crippen LogP contribution is 2.21. The number of aromatic nitrogens is 1. The Morgan fingerprint density at radius 2 is 2.29 bits per heavy atom. The second-order valence-electron chi connectivity index (χ2n) is 5.08. The van der Waals surface area contributed by atoms with Crippen LogP contribution in [0.25, 0.3) is 5.70 Å². The van der Waals surface area contributed by atoms with Crippen LogP contribution in [0.5, 0.6) is 0 Å². The minimum atomic E-state index is 0.156. The molecule has 0 aliphatic carbocycles. The fourth-order valence-electron chi connectivity index (χ4n) is 2.50. The SMILES string of the molecule is CN/C(=C\C(=N/O)N1CCOC[C@H]1C)c1c(C)noc1C. The molecule has 2 rings (SSSR count). The summed E-state index contributed by atoms with van der Waals surface area (Å²) in [6.07, 6.45) is 1.80. The van der Waals surface area contributed by atoms with Gasteiger partial charge in [-0.05, 0) is 20.8 Å². The van der Waals surface area contributed by atoms with E-state index < -0.39 is 0 Å². The number of morpholine rings is 1. The van der Waals surface area contributed by atoms with Crippen molar-refractivity contribution < 1.29 is 14.5 Å². The molecule has 1 fully saturated rings. The molecule has 2 heterocycles. The highest BCUT2D eigenvalue weighted by Gasteiger charge is 2.23. The first kappa shape index (κ1) is 15.4. The predicted octanol–water partition coefficient (Wildman–Crippen LogP) is 1.36. The van der Waals surface area contributed by atoms with Crippen molar-refractivity contribution in [2.75, 3.05) is 26.8 Å². The molecule has 1 saturated heterocycles. The summed E-state index contributed by atoms with van der Waals surface area (Å²) in [6, 6.07) is 0.156. The third-order valence-electron chi connectivity index (χ3n) is 3.61. The van der Waals surface area contributed by atoms with Gasteiger partial charge in [-0.3, -0.25) is 0 Å². The van der Waals surface area contributed by atoms with Gasteiger partial charge in [0.15, 0.2) is 5.84 Å². The van der Waals surface area contributed by atoms with Gasteiger partial charge in [-0.2, -0.15) is 0 Å².